The van der Waals surface area contributed by atoms with Gasteiger partial charge in [0.1, 0.15) is 17.1 Å². The molecule has 0 radical (unpaired) electrons. The van der Waals surface area contributed by atoms with E-state index in [1.54, 1.807) is 12.1 Å². The summed E-state index contributed by atoms with van der Waals surface area (Å²) in [6.45, 7) is 6.04. The Kier molecular flexibility index (Phi) is 4.25. The van der Waals surface area contributed by atoms with Crippen molar-refractivity contribution in [3.8, 4) is 5.75 Å². The van der Waals surface area contributed by atoms with Crippen LogP contribution in [0.25, 0.3) is 0 Å². The van der Waals surface area contributed by atoms with Gasteiger partial charge in [0, 0.05) is 13.0 Å². The van der Waals surface area contributed by atoms with Gasteiger partial charge < -0.3 is 10.1 Å². The van der Waals surface area contributed by atoms with Crippen molar-refractivity contribution in [3.63, 3.8) is 0 Å². The summed E-state index contributed by atoms with van der Waals surface area (Å²) in [5.41, 5.74) is 0.330. The molecule has 6 nitrogen and oxygen atoms in total. The summed E-state index contributed by atoms with van der Waals surface area (Å²) in [5, 5.41) is 3.17. The van der Waals surface area contributed by atoms with Crippen LogP contribution in [0.15, 0.2) is 23.1 Å². The van der Waals surface area contributed by atoms with E-state index in [1.165, 1.54) is 13.0 Å². The van der Waals surface area contributed by atoms with Crippen LogP contribution in [0.4, 0.5) is 5.69 Å². The number of fused-ring (bicyclic) bond motifs is 1. The first-order valence-electron chi connectivity index (χ1n) is 6.76. The molecule has 21 heavy (non-hydrogen) atoms. The van der Waals surface area contributed by atoms with Crippen molar-refractivity contribution in [3.05, 3.63) is 18.2 Å². The molecule has 0 bridgehead atoms. The number of nitrogens with one attached hydrogen (secondary N) is 2. The highest BCUT2D eigenvalue weighted by atomic mass is 32.2. The lowest BCUT2D eigenvalue weighted by molar-refractivity contribution is -0.116. The number of hydrogen-bond acceptors (Lipinski definition) is 5. The van der Waals surface area contributed by atoms with Gasteiger partial charge in [-0.2, -0.15) is 0 Å². The van der Waals surface area contributed by atoms with Gasteiger partial charge in [0.15, 0.2) is 0 Å². The predicted molar refractivity (Wildman–Crippen MR) is 80.1 cm³/mol. The van der Waals surface area contributed by atoms with Crippen LogP contribution in [0.1, 0.15) is 27.2 Å². The zero-order chi connectivity index (χ0) is 15.7. The Morgan fingerprint density at radius 3 is 2.81 bits per heavy atom. The Hall–Kier alpha value is -1.60. The first-order chi connectivity index (χ1) is 9.70. The average molecular weight is 312 g/mol. The second kappa shape index (κ2) is 5.65. The van der Waals surface area contributed by atoms with Gasteiger partial charge in [-0.25, -0.2) is 13.1 Å². The summed E-state index contributed by atoms with van der Waals surface area (Å²) >= 11 is 0. The second-order valence-electron chi connectivity index (χ2n) is 5.72. The van der Waals surface area contributed by atoms with Gasteiger partial charge in [-0.3, -0.25) is 4.79 Å². The number of benzene rings is 1. The zero-order valence-corrected chi connectivity index (χ0v) is 13.2. The highest BCUT2D eigenvalue weighted by molar-refractivity contribution is 7.89. The molecule has 1 heterocycles. The molecule has 0 amide bonds. The van der Waals surface area contributed by atoms with Crippen molar-refractivity contribution in [1.29, 1.82) is 0 Å². The molecule has 0 saturated carbocycles. The van der Waals surface area contributed by atoms with Crippen molar-refractivity contribution < 1.29 is 17.9 Å². The first kappa shape index (κ1) is 15.8. The molecule has 0 atom stereocenters. The predicted octanol–water partition coefficient (Wildman–Crippen LogP) is 1.53. The summed E-state index contributed by atoms with van der Waals surface area (Å²) in [5.74, 6) is 0.578. The normalized spacial score (nSPS) is 16.5. The second-order valence-corrected chi connectivity index (χ2v) is 7.49. The number of ether oxygens (including phenoxy) is 1. The molecule has 116 valence electrons. The molecule has 0 saturated heterocycles. The number of ketones is 1. The number of carbonyl (C=O) groups excluding carboxylic acids is 1. The minimum atomic E-state index is -3.62. The van der Waals surface area contributed by atoms with Gasteiger partial charge in [0.2, 0.25) is 10.0 Å². The van der Waals surface area contributed by atoms with E-state index in [2.05, 4.69) is 10.0 Å². The van der Waals surface area contributed by atoms with Crippen molar-refractivity contribution in [2.75, 3.05) is 18.4 Å². The lowest BCUT2D eigenvalue weighted by Crippen LogP contribution is -2.40. The van der Waals surface area contributed by atoms with Gasteiger partial charge in [-0.05, 0) is 39.0 Å². The maximum absolute atomic E-state index is 12.1. The van der Waals surface area contributed by atoms with Crippen LogP contribution in [0.2, 0.25) is 0 Å². The fourth-order valence-corrected chi connectivity index (χ4v) is 3.05. The lowest BCUT2D eigenvalue weighted by atomic mass is 10.1. The van der Waals surface area contributed by atoms with E-state index in [0.717, 1.165) is 0 Å². The summed E-state index contributed by atoms with van der Waals surface area (Å²) in [4.78, 5) is 11.0. The summed E-state index contributed by atoms with van der Waals surface area (Å²) in [6, 6.07) is 4.68. The maximum atomic E-state index is 12.1. The SMILES string of the molecule is CC(=O)CCNS(=O)(=O)c1ccc2c(c1)NCC(C)(C)O2. The number of hydrogen-bond donors (Lipinski definition) is 2. The third-order valence-electron chi connectivity index (χ3n) is 3.12. The molecule has 2 N–H and O–H groups in total. The van der Waals surface area contributed by atoms with E-state index in [9.17, 15) is 13.2 Å². The molecule has 7 heteroatoms. The summed E-state index contributed by atoms with van der Waals surface area (Å²) in [6.07, 6.45) is 0.180. The van der Waals surface area contributed by atoms with Gasteiger partial charge in [-0.1, -0.05) is 0 Å². The van der Waals surface area contributed by atoms with Crippen LogP contribution in [0.5, 0.6) is 5.75 Å². The van der Waals surface area contributed by atoms with Gasteiger partial charge in [-0.15, -0.1) is 0 Å². The van der Waals surface area contributed by atoms with E-state index in [-0.39, 0.29) is 29.2 Å². The van der Waals surface area contributed by atoms with Crippen LogP contribution < -0.4 is 14.8 Å². The largest absolute Gasteiger partial charge is 0.484 e. The molecule has 0 aromatic heterocycles. The molecular weight excluding hydrogens is 292 g/mol. The Morgan fingerprint density at radius 1 is 1.43 bits per heavy atom. The minimum absolute atomic E-state index is 0.0551. The molecule has 1 aliphatic heterocycles. The number of rotatable bonds is 5. The monoisotopic (exact) mass is 312 g/mol. The van der Waals surface area contributed by atoms with E-state index in [0.29, 0.717) is 18.0 Å². The highest BCUT2D eigenvalue weighted by Gasteiger charge is 2.27. The van der Waals surface area contributed by atoms with Gasteiger partial charge in [0.05, 0.1) is 17.1 Å². The lowest BCUT2D eigenvalue weighted by Gasteiger charge is -2.33. The Balaban J connectivity index is 2.16. The quantitative estimate of drug-likeness (QED) is 0.861. The van der Waals surface area contributed by atoms with Crippen molar-refractivity contribution in [2.45, 2.75) is 37.7 Å². The number of anilines is 1. The van der Waals surface area contributed by atoms with Gasteiger partial charge in [0.25, 0.3) is 0 Å². The number of sulfonamides is 1. The zero-order valence-electron chi connectivity index (χ0n) is 12.4. The van der Waals surface area contributed by atoms with Crippen LogP contribution >= 0.6 is 0 Å². The third-order valence-corrected chi connectivity index (χ3v) is 4.58. The van der Waals surface area contributed by atoms with Crippen LogP contribution in [-0.4, -0.2) is 32.9 Å². The maximum Gasteiger partial charge on any atom is 0.240 e. The molecule has 0 aliphatic carbocycles. The molecule has 1 aliphatic rings. The molecule has 1 aromatic carbocycles. The van der Waals surface area contributed by atoms with E-state index in [4.69, 9.17) is 4.74 Å². The van der Waals surface area contributed by atoms with Crippen molar-refractivity contribution >= 4 is 21.5 Å². The Morgan fingerprint density at radius 2 is 2.14 bits per heavy atom. The molecule has 0 spiro atoms. The molecular formula is C14H20N2O4S. The Labute approximate surface area is 124 Å². The Bertz CT molecular complexity index is 653. The summed E-state index contributed by atoms with van der Waals surface area (Å²) in [7, 11) is -3.62. The topological polar surface area (TPSA) is 84.5 Å². The third kappa shape index (κ3) is 3.95. The smallest absolute Gasteiger partial charge is 0.240 e. The average Bonchev–Trinajstić information content (AvgIpc) is 2.36. The van der Waals surface area contributed by atoms with Crippen LogP contribution in [0, 0.1) is 0 Å². The molecule has 0 unspecified atom stereocenters. The summed E-state index contributed by atoms with van der Waals surface area (Å²) < 4.78 is 32.5. The standard InChI is InChI=1S/C14H20N2O4S/c1-10(17)6-7-16-21(18,19)11-4-5-13-12(8-11)15-9-14(2,3)20-13/h4-5,8,15-16H,6-7,9H2,1-3H3. The van der Waals surface area contributed by atoms with E-state index >= 15 is 0 Å². The van der Waals surface area contributed by atoms with Gasteiger partial charge >= 0.3 is 0 Å². The molecule has 1 aromatic rings. The molecule has 2 rings (SSSR count). The highest BCUT2D eigenvalue weighted by Crippen LogP contribution is 2.34. The van der Waals surface area contributed by atoms with E-state index < -0.39 is 10.0 Å². The fraction of sp³-hybridized carbons (Fsp3) is 0.500. The first-order valence-corrected chi connectivity index (χ1v) is 8.24. The van der Waals surface area contributed by atoms with Crippen LogP contribution in [-0.2, 0) is 14.8 Å². The van der Waals surface area contributed by atoms with Crippen molar-refractivity contribution in [1.82, 2.24) is 4.72 Å². The molecule has 0 fully saturated rings. The van der Waals surface area contributed by atoms with E-state index in [1.807, 2.05) is 13.8 Å². The van der Waals surface area contributed by atoms with Crippen molar-refractivity contribution in [2.24, 2.45) is 0 Å². The minimum Gasteiger partial charge on any atom is -0.484 e. The fourth-order valence-electron chi connectivity index (χ4n) is 1.99. The number of Topliss-reactive ketones (excluding diaryl/α,β-unsaturated/α-hetero) is 1. The number of carbonyl (C=O) groups is 1. The van der Waals surface area contributed by atoms with Crippen LogP contribution in [0.3, 0.4) is 0 Å².